The van der Waals surface area contributed by atoms with Crippen molar-refractivity contribution in [2.45, 2.75) is 6.04 Å². The second-order valence-electron chi connectivity index (χ2n) is 3.76. The van der Waals surface area contributed by atoms with Crippen molar-refractivity contribution < 1.29 is 9.18 Å². The van der Waals surface area contributed by atoms with Crippen molar-refractivity contribution in [1.82, 2.24) is 5.32 Å². The second-order valence-corrected chi connectivity index (χ2v) is 3.76. The van der Waals surface area contributed by atoms with Gasteiger partial charge in [0.1, 0.15) is 17.6 Å². The van der Waals surface area contributed by atoms with Crippen molar-refractivity contribution in [1.29, 1.82) is 0 Å². The molecule has 0 bridgehead atoms. The summed E-state index contributed by atoms with van der Waals surface area (Å²) in [6.07, 6.45) is 2.98. The monoisotopic (exact) mass is 229 g/mol. The summed E-state index contributed by atoms with van der Waals surface area (Å²) in [5.41, 5.74) is 2.01. The zero-order valence-electron chi connectivity index (χ0n) is 8.72. The predicted octanol–water partition coefficient (Wildman–Crippen LogP) is 1.15. The zero-order valence-corrected chi connectivity index (χ0v) is 8.72. The van der Waals surface area contributed by atoms with E-state index >= 15 is 0 Å². The Morgan fingerprint density at radius 3 is 2.76 bits per heavy atom. The number of amides is 1. The molecule has 1 unspecified atom stereocenters. The Kier molecular flexibility index (Phi) is 2.11. The van der Waals surface area contributed by atoms with Crippen LogP contribution in [-0.4, -0.2) is 24.0 Å². The average Bonchev–Trinajstić information content (AvgIpc) is 2.75. The van der Waals surface area contributed by atoms with E-state index in [4.69, 9.17) is 0 Å². The number of hydrogen-bond donors (Lipinski definition) is 1. The molecule has 3 rings (SSSR count). The number of fused-ring (bicyclic) bond motifs is 1. The van der Waals surface area contributed by atoms with Gasteiger partial charge in [-0.2, -0.15) is 0 Å². The van der Waals surface area contributed by atoms with Gasteiger partial charge in [-0.3, -0.25) is 14.8 Å². The molecule has 0 aliphatic carbocycles. The molecule has 1 N–H and O–H groups in total. The highest BCUT2D eigenvalue weighted by atomic mass is 19.1. The van der Waals surface area contributed by atoms with Crippen molar-refractivity contribution in [2.75, 3.05) is 0 Å². The van der Waals surface area contributed by atoms with E-state index in [2.05, 4.69) is 15.3 Å². The third kappa shape index (κ3) is 1.56. The maximum Gasteiger partial charge on any atom is 0.273 e. The molecule has 4 nitrogen and oxygen atoms in total. The van der Waals surface area contributed by atoms with Gasteiger partial charge in [-0.05, 0) is 17.7 Å². The molecule has 0 saturated heterocycles. The van der Waals surface area contributed by atoms with E-state index in [1.165, 1.54) is 18.5 Å². The number of hydrogen-bond acceptors (Lipinski definition) is 3. The van der Waals surface area contributed by atoms with Gasteiger partial charge in [0.05, 0.1) is 6.34 Å². The maximum absolute atomic E-state index is 12.8. The summed E-state index contributed by atoms with van der Waals surface area (Å²) < 4.78 is 12.8. The first kappa shape index (κ1) is 9.89. The van der Waals surface area contributed by atoms with Crippen LogP contribution in [0.3, 0.4) is 0 Å². The Hall–Kier alpha value is -2.30. The molecule has 17 heavy (non-hydrogen) atoms. The third-order valence-corrected chi connectivity index (χ3v) is 2.73. The van der Waals surface area contributed by atoms with Gasteiger partial charge < -0.3 is 5.32 Å². The molecule has 2 heterocycles. The number of halogens is 1. The summed E-state index contributed by atoms with van der Waals surface area (Å²) >= 11 is 0. The third-order valence-electron chi connectivity index (χ3n) is 2.73. The van der Waals surface area contributed by atoms with E-state index in [1.807, 2.05) is 0 Å². The fraction of sp³-hybridized carbons (Fsp3) is 0.0833. The van der Waals surface area contributed by atoms with Gasteiger partial charge in [-0.1, -0.05) is 12.1 Å². The van der Waals surface area contributed by atoms with E-state index in [1.54, 1.807) is 18.3 Å². The quantitative estimate of drug-likeness (QED) is 0.771. The van der Waals surface area contributed by atoms with Gasteiger partial charge in [0.2, 0.25) is 0 Å². The Labute approximate surface area is 96.6 Å². The highest BCUT2D eigenvalue weighted by molar-refractivity contribution is 6.46. The van der Waals surface area contributed by atoms with Crippen molar-refractivity contribution in [3.8, 4) is 0 Å². The molecule has 2 aliphatic rings. The molecule has 0 radical (unpaired) electrons. The predicted molar refractivity (Wildman–Crippen MR) is 62.2 cm³/mol. The molecule has 1 amide bonds. The van der Waals surface area contributed by atoms with Crippen LogP contribution < -0.4 is 5.32 Å². The summed E-state index contributed by atoms with van der Waals surface area (Å²) in [7, 11) is 0. The van der Waals surface area contributed by atoms with Gasteiger partial charge >= 0.3 is 0 Å². The summed E-state index contributed by atoms with van der Waals surface area (Å²) in [5.74, 6) is -0.531. The Morgan fingerprint density at radius 1 is 1.24 bits per heavy atom. The average molecular weight is 229 g/mol. The fourth-order valence-corrected chi connectivity index (χ4v) is 1.88. The number of carbonyl (C=O) groups excluding carboxylic acids is 1. The summed E-state index contributed by atoms with van der Waals surface area (Å²) in [5, 5.41) is 2.48. The van der Waals surface area contributed by atoms with E-state index in [9.17, 15) is 9.18 Å². The van der Waals surface area contributed by atoms with Crippen molar-refractivity contribution in [3.05, 3.63) is 41.8 Å². The van der Waals surface area contributed by atoms with E-state index in [0.29, 0.717) is 5.71 Å². The van der Waals surface area contributed by atoms with Gasteiger partial charge in [0.15, 0.2) is 0 Å². The van der Waals surface area contributed by atoms with Crippen LogP contribution >= 0.6 is 0 Å². The van der Waals surface area contributed by atoms with Gasteiger partial charge in [0, 0.05) is 11.8 Å². The van der Waals surface area contributed by atoms with Crippen LogP contribution in [0.4, 0.5) is 4.39 Å². The molecule has 84 valence electrons. The number of aliphatic imine (C=N–C) groups is 2. The molecular formula is C12H8FN3O. The van der Waals surface area contributed by atoms with Gasteiger partial charge in [-0.25, -0.2) is 4.39 Å². The summed E-state index contributed by atoms with van der Waals surface area (Å²) in [6.45, 7) is 0. The van der Waals surface area contributed by atoms with E-state index in [-0.39, 0.29) is 17.8 Å². The van der Waals surface area contributed by atoms with Crippen LogP contribution in [0.15, 0.2) is 40.5 Å². The van der Waals surface area contributed by atoms with Crippen molar-refractivity contribution in [2.24, 2.45) is 9.98 Å². The van der Waals surface area contributed by atoms with Crippen LogP contribution in [0.1, 0.15) is 5.56 Å². The van der Waals surface area contributed by atoms with Crippen LogP contribution in [0.2, 0.25) is 0 Å². The first-order valence-corrected chi connectivity index (χ1v) is 5.12. The summed E-state index contributed by atoms with van der Waals surface area (Å²) in [6, 6.07) is 5.69. The van der Waals surface area contributed by atoms with Crippen LogP contribution in [0.5, 0.6) is 0 Å². The van der Waals surface area contributed by atoms with E-state index < -0.39 is 0 Å². The molecule has 0 aromatic heterocycles. The lowest BCUT2D eigenvalue weighted by molar-refractivity contribution is -0.113. The highest BCUT2D eigenvalue weighted by Gasteiger charge is 2.32. The van der Waals surface area contributed by atoms with Crippen molar-refractivity contribution in [3.63, 3.8) is 0 Å². The number of carbonyl (C=O) groups is 1. The lowest BCUT2D eigenvalue weighted by Crippen LogP contribution is -2.40. The number of rotatable bonds is 1. The van der Waals surface area contributed by atoms with Gasteiger partial charge in [-0.15, -0.1) is 0 Å². The van der Waals surface area contributed by atoms with Gasteiger partial charge in [0.25, 0.3) is 5.91 Å². The minimum atomic E-state index is -0.366. The molecule has 1 aromatic carbocycles. The summed E-state index contributed by atoms with van der Waals surface area (Å²) in [4.78, 5) is 19.7. The lowest BCUT2D eigenvalue weighted by Gasteiger charge is -2.16. The molecule has 1 aromatic rings. The minimum Gasteiger partial charge on any atom is -0.312 e. The molecule has 0 fully saturated rings. The molecule has 2 aliphatic heterocycles. The van der Waals surface area contributed by atoms with Crippen LogP contribution in [0.25, 0.3) is 5.57 Å². The topological polar surface area (TPSA) is 53.8 Å². The maximum atomic E-state index is 12.8. The first-order valence-electron chi connectivity index (χ1n) is 5.12. The van der Waals surface area contributed by atoms with Crippen LogP contribution in [-0.2, 0) is 4.79 Å². The Bertz CT molecular complexity index is 572. The second kappa shape index (κ2) is 3.62. The Balaban J connectivity index is 1.97. The zero-order chi connectivity index (χ0) is 11.8. The highest BCUT2D eigenvalue weighted by Crippen LogP contribution is 2.27. The molecule has 0 spiro atoms. The minimum absolute atomic E-state index is 0.238. The molecule has 0 saturated carbocycles. The van der Waals surface area contributed by atoms with Crippen molar-refractivity contribution >= 4 is 23.5 Å². The standard InChI is InChI=1S/C12H8FN3O/c13-8-3-1-7(2-4-8)9-5-14-11-10(9)15-6-16-12(11)17/h1-6,10H,(H,15,16,17). The SMILES string of the molecule is O=C1NC=NC2C(c3ccc(F)cc3)=CN=C12. The normalized spacial score (nSPS) is 21.7. The van der Waals surface area contributed by atoms with Crippen LogP contribution in [0, 0.1) is 5.82 Å². The molecule has 1 atom stereocenters. The fourth-order valence-electron chi connectivity index (χ4n) is 1.88. The first-order chi connectivity index (χ1) is 8.25. The molecule has 5 heteroatoms. The Morgan fingerprint density at radius 2 is 2.00 bits per heavy atom. The smallest absolute Gasteiger partial charge is 0.273 e. The largest absolute Gasteiger partial charge is 0.312 e. The molecular weight excluding hydrogens is 221 g/mol. The van der Waals surface area contributed by atoms with E-state index in [0.717, 1.165) is 11.1 Å². The number of nitrogens with one attached hydrogen (secondary N) is 1. The number of benzene rings is 1. The number of nitrogens with zero attached hydrogens (tertiary/aromatic N) is 2. The lowest BCUT2D eigenvalue weighted by atomic mass is 9.97.